The molecule has 1 aromatic carbocycles. The average Bonchev–Trinajstić information content (AvgIpc) is 2.54. The fourth-order valence-corrected chi connectivity index (χ4v) is 3.26. The number of nitrogen functional groups attached to an aromatic ring is 1. The summed E-state index contributed by atoms with van der Waals surface area (Å²) in [6.07, 6.45) is 1.90. The predicted octanol–water partition coefficient (Wildman–Crippen LogP) is 3.51. The summed E-state index contributed by atoms with van der Waals surface area (Å²) in [7, 11) is 0. The lowest BCUT2D eigenvalue weighted by atomic mass is 10.0. The molecule has 3 N–H and O–H groups in total. The second-order valence-electron chi connectivity index (χ2n) is 5.74. The van der Waals surface area contributed by atoms with Gasteiger partial charge < -0.3 is 11.1 Å². The van der Waals surface area contributed by atoms with Crippen LogP contribution in [0.3, 0.4) is 0 Å². The second-order valence-corrected chi connectivity index (χ2v) is 7.05. The monoisotopic (exact) mass is 344 g/mol. The summed E-state index contributed by atoms with van der Waals surface area (Å²) in [6, 6.07) is 11.8. The topological polar surface area (TPSA) is 80.9 Å². The highest BCUT2D eigenvalue weighted by atomic mass is 32.2. The smallest absolute Gasteiger partial charge is 0.233 e. The van der Waals surface area contributed by atoms with E-state index in [2.05, 4.69) is 22.2 Å². The minimum absolute atomic E-state index is 0.0222. The summed E-state index contributed by atoms with van der Waals surface area (Å²) >= 11 is 1.32. The van der Waals surface area contributed by atoms with Crippen molar-refractivity contribution in [3.63, 3.8) is 0 Å². The fraction of sp³-hybridized carbons (Fsp3) is 0.389. The molecule has 0 spiro atoms. The first kappa shape index (κ1) is 18.3. The Morgan fingerprint density at radius 1 is 1.29 bits per heavy atom. The first-order valence-corrected chi connectivity index (χ1v) is 9.00. The number of nitrogens with two attached hydrogens (primary N) is 1. The van der Waals surface area contributed by atoms with Gasteiger partial charge >= 0.3 is 0 Å². The summed E-state index contributed by atoms with van der Waals surface area (Å²) in [6.45, 7) is 5.83. The first-order valence-electron chi connectivity index (χ1n) is 8.12. The molecule has 0 aliphatic rings. The van der Waals surface area contributed by atoms with E-state index in [0.29, 0.717) is 11.0 Å². The van der Waals surface area contributed by atoms with Crippen molar-refractivity contribution >= 4 is 23.5 Å². The molecule has 0 saturated carbocycles. The van der Waals surface area contributed by atoms with Gasteiger partial charge in [0.05, 0.1) is 11.3 Å². The number of amides is 1. The minimum Gasteiger partial charge on any atom is -0.384 e. The van der Waals surface area contributed by atoms with E-state index >= 15 is 0 Å². The highest BCUT2D eigenvalue weighted by molar-refractivity contribution is 8.00. The summed E-state index contributed by atoms with van der Waals surface area (Å²) in [5.41, 5.74) is 7.67. The Balaban J connectivity index is 2.03. The van der Waals surface area contributed by atoms with Crippen LogP contribution in [0.15, 0.2) is 41.6 Å². The maximum atomic E-state index is 12.6. The molecule has 0 aliphatic carbocycles. The van der Waals surface area contributed by atoms with Crippen molar-refractivity contribution in [3.05, 3.63) is 47.7 Å². The van der Waals surface area contributed by atoms with Gasteiger partial charge in [-0.15, -0.1) is 0 Å². The molecule has 24 heavy (non-hydrogen) atoms. The zero-order valence-electron chi connectivity index (χ0n) is 14.3. The third kappa shape index (κ3) is 5.23. The van der Waals surface area contributed by atoms with Crippen molar-refractivity contribution < 1.29 is 4.79 Å². The highest BCUT2D eigenvalue weighted by Gasteiger charge is 2.20. The van der Waals surface area contributed by atoms with Gasteiger partial charge in [-0.2, -0.15) is 0 Å². The van der Waals surface area contributed by atoms with Crippen LogP contribution in [0.1, 0.15) is 44.0 Å². The SMILES string of the molecule is CCCC(NC(=O)C(C)Sc1nc(C)cc(N)n1)c1ccccc1. The van der Waals surface area contributed by atoms with Crippen molar-refractivity contribution in [2.24, 2.45) is 0 Å². The molecule has 0 fully saturated rings. The number of aryl methyl sites for hydroxylation is 1. The van der Waals surface area contributed by atoms with Crippen LogP contribution in [0.25, 0.3) is 0 Å². The Labute approximate surface area is 147 Å². The number of carbonyl (C=O) groups is 1. The number of aromatic nitrogens is 2. The molecular weight excluding hydrogens is 320 g/mol. The van der Waals surface area contributed by atoms with Crippen LogP contribution in [0.5, 0.6) is 0 Å². The Bertz CT molecular complexity index is 658. The van der Waals surface area contributed by atoms with E-state index in [1.54, 1.807) is 6.07 Å². The molecular formula is C18H24N4OS. The Morgan fingerprint density at radius 3 is 2.62 bits per heavy atom. The third-order valence-corrected chi connectivity index (χ3v) is 4.56. The molecule has 0 aliphatic heterocycles. The fourth-order valence-electron chi connectivity index (χ4n) is 2.41. The number of hydrogen-bond donors (Lipinski definition) is 2. The number of nitrogens with zero attached hydrogens (tertiary/aromatic N) is 2. The third-order valence-electron chi connectivity index (χ3n) is 3.60. The minimum atomic E-state index is -0.297. The molecule has 5 nitrogen and oxygen atoms in total. The highest BCUT2D eigenvalue weighted by Crippen LogP contribution is 2.23. The maximum Gasteiger partial charge on any atom is 0.233 e. The van der Waals surface area contributed by atoms with E-state index in [4.69, 9.17) is 5.73 Å². The lowest BCUT2D eigenvalue weighted by molar-refractivity contribution is -0.121. The lowest BCUT2D eigenvalue weighted by Gasteiger charge is -2.21. The van der Waals surface area contributed by atoms with Gasteiger partial charge in [-0.25, -0.2) is 9.97 Å². The predicted molar refractivity (Wildman–Crippen MR) is 98.7 cm³/mol. The second kappa shape index (κ2) is 8.68. The summed E-state index contributed by atoms with van der Waals surface area (Å²) in [4.78, 5) is 21.1. The molecule has 0 radical (unpaired) electrons. The van der Waals surface area contributed by atoms with Crippen LogP contribution >= 0.6 is 11.8 Å². The molecule has 2 aromatic rings. The number of carbonyl (C=O) groups excluding carboxylic acids is 1. The van der Waals surface area contributed by atoms with E-state index < -0.39 is 0 Å². The van der Waals surface area contributed by atoms with Crippen LogP contribution in [0, 0.1) is 6.92 Å². The normalized spacial score (nSPS) is 13.3. The number of hydrogen-bond acceptors (Lipinski definition) is 5. The Hall–Kier alpha value is -2.08. The van der Waals surface area contributed by atoms with Crippen LogP contribution in [0.4, 0.5) is 5.82 Å². The van der Waals surface area contributed by atoms with Crippen molar-refractivity contribution in [1.29, 1.82) is 0 Å². The molecule has 2 rings (SSSR count). The first-order chi connectivity index (χ1) is 11.5. The number of anilines is 1. The summed E-state index contributed by atoms with van der Waals surface area (Å²) in [5.74, 6) is 0.400. The van der Waals surface area contributed by atoms with Gasteiger partial charge in [0.2, 0.25) is 5.91 Å². The summed E-state index contributed by atoms with van der Waals surface area (Å²) in [5, 5.41) is 3.37. The van der Waals surface area contributed by atoms with E-state index in [1.807, 2.05) is 44.2 Å². The zero-order chi connectivity index (χ0) is 17.5. The maximum absolute atomic E-state index is 12.6. The molecule has 1 aromatic heterocycles. The zero-order valence-corrected chi connectivity index (χ0v) is 15.1. The van der Waals surface area contributed by atoms with Gasteiger partial charge in [-0.3, -0.25) is 4.79 Å². The number of rotatable bonds is 7. The van der Waals surface area contributed by atoms with Gasteiger partial charge in [-0.1, -0.05) is 55.4 Å². The molecule has 0 saturated heterocycles. The van der Waals surface area contributed by atoms with Crippen LogP contribution in [-0.4, -0.2) is 21.1 Å². The molecule has 0 bridgehead atoms. The van der Waals surface area contributed by atoms with E-state index in [-0.39, 0.29) is 17.2 Å². The van der Waals surface area contributed by atoms with Crippen molar-refractivity contribution in [2.45, 2.75) is 50.1 Å². The van der Waals surface area contributed by atoms with Crippen LogP contribution in [0.2, 0.25) is 0 Å². The lowest BCUT2D eigenvalue weighted by Crippen LogP contribution is -2.34. The average molecular weight is 344 g/mol. The van der Waals surface area contributed by atoms with E-state index in [1.165, 1.54) is 11.8 Å². The van der Waals surface area contributed by atoms with Gasteiger partial charge in [-0.05, 0) is 25.8 Å². The van der Waals surface area contributed by atoms with Gasteiger partial charge in [0.1, 0.15) is 5.82 Å². The van der Waals surface area contributed by atoms with Crippen molar-refractivity contribution in [3.8, 4) is 0 Å². The number of thioether (sulfide) groups is 1. The molecule has 1 amide bonds. The van der Waals surface area contributed by atoms with Gasteiger partial charge in [0.15, 0.2) is 5.16 Å². The molecule has 6 heteroatoms. The van der Waals surface area contributed by atoms with Crippen LogP contribution in [-0.2, 0) is 4.79 Å². The quantitative estimate of drug-likeness (QED) is 0.593. The van der Waals surface area contributed by atoms with Crippen molar-refractivity contribution in [1.82, 2.24) is 15.3 Å². The summed E-state index contributed by atoms with van der Waals surface area (Å²) < 4.78 is 0. The molecule has 1 heterocycles. The Morgan fingerprint density at radius 2 is 2.00 bits per heavy atom. The van der Waals surface area contributed by atoms with E-state index in [0.717, 1.165) is 24.1 Å². The Kier molecular flexibility index (Phi) is 6.61. The van der Waals surface area contributed by atoms with Gasteiger partial charge in [0, 0.05) is 11.8 Å². The molecule has 128 valence electrons. The van der Waals surface area contributed by atoms with Gasteiger partial charge in [0.25, 0.3) is 0 Å². The molecule has 2 atom stereocenters. The number of benzene rings is 1. The van der Waals surface area contributed by atoms with E-state index in [9.17, 15) is 4.79 Å². The standard InChI is InChI=1S/C18H24N4OS/c1-4-8-15(14-9-6-5-7-10-14)21-17(23)13(3)24-18-20-12(2)11-16(19)22-18/h5-7,9-11,13,15H,4,8H2,1-3H3,(H,21,23)(H2,19,20,22). The largest absolute Gasteiger partial charge is 0.384 e. The molecule has 2 unspecified atom stereocenters. The van der Waals surface area contributed by atoms with Crippen LogP contribution < -0.4 is 11.1 Å². The number of nitrogens with one attached hydrogen (secondary N) is 1. The van der Waals surface area contributed by atoms with Crippen molar-refractivity contribution in [2.75, 3.05) is 5.73 Å².